The topological polar surface area (TPSA) is 26.3 Å². The number of ketones is 1. The molecular weight excluding hydrogens is 478 g/mol. The van der Waals surface area contributed by atoms with E-state index in [9.17, 15) is 4.79 Å². The third-order valence-electron chi connectivity index (χ3n) is 8.53. The highest BCUT2D eigenvalue weighted by molar-refractivity contribution is 5.79. The van der Waals surface area contributed by atoms with E-state index in [0.717, 1.165) is 17.4 Å². The van der Waals surface area contributed by atoms with Crippen molar-refractivity contribution in [2.75, 3.05) is 40.4 Å². The second kappa shape index (κ2) is 30.5. The molecule has 0 rings (SSSR count). The number of nitrogens with zero attached hydrogens (tertiary/aromatic N) is 1. The number of quaternary nitrogens is 1. The molecule has 0 amide bonds. The maximum atomic E-state index is 12.1. The molecule has 0 aromatic carbocycles. The van der Waals surface area contributed by atoms with Gasteiger partial charge in [0.2, 0.25) is 0 Å². The minimum absolute atomic E-state index is 0.287. The molecule has 0 atom stereocenters. The Balaban J connectivity index is 3.37. The Morgan fingerprint density at radius 2 is 0.795 bits per heavy atom. The van der Waals surface area contributed by atoms with E-state index >= 15 is 0 Å². The molecule has 0 aliphatic carbocycles. The van der Waals surface area contributed by atoms with Crippen LogP contribution in [0.4, 0.5) is 0 Å². The van der Waals surface area contributed by atoms with Gasteiger partial charge in [0.15, 0.2) is 5.78 Å². The summed E-state index contributed by atoms with van der Waals surface area (Å²) < 4.78 is 6.73. The lowest BCUT2D eigenvalue weighted by atomic mass is 10.0. The SMILES string of the molecule is CCCCCCCCCCCCCCCCCCCC[N+](C)(C)CCOCC(=O)CCCCCCCCCC. The fraction of sp³-hybridized carbons (Fsp3) is 0.972. The van der Waals surface area contributed by atoms with Crippen molar-refractivity contribution in [3.05, 3.63) is 0 Å². The Morgan fingerprint density at radius 3 is 1.18 bits per heavy atom. The van der Waals surface area contributed by atoms with Gasteiger partial charge in [-0.25, -0.2) is 0 Å². The van der Waals surface area contributed by atoms with E-state index in [0.29, 0.717) is 19.6 Å². The normalized spacial score (nSPS) is 11.9. The monoisotopic (exact) mass is 553 g/mol. The Hall–Kier alpha value is -0.410. The predicted octanol–water partition coefficient (Wildman–Crippen LogP) is 11.2. The van der Waals surface area contributed by atoms with Crippen LogP contribution in [-0.4, -0.2) is 50.7 Å². The maximum absolute atomic E-state index is 12.1. The van der Waals surface area contributed by atoms with Crippen molar-refractivity contribution in [2.24, 2.45) is 0 Å². The van der Waals surface area contributed by atoms with Gasteiger partial charge in [-0.1, -0.05) is 162 Å². The first-order valence-corrected chi connectivity index (χ1v) is 17.9. The largest absolute Gasteiger partial charge is 0.368 e. The summed E-state index contributed by atoms with van der Waals surface area (Å²) in [7, 11) is 4.61. The number of carbonyl (C=O) groups excluding carboxylic acids is 1. The minimum Gasteiger partial charge on any atom is -0.368 e. The van der Waals surface area contributed by atoms with E-state index in [1.54, 1.807) is 0 Å². The van der Waals surface area contributed by atoms with Gasteiger partial charge in [-0.2, -0.15) is 0 Å². The lowest BCUT2D eigenvalue weighted by Gasteiger charge is -2.29. The first-order valence-electron chi connectivity index (χ1n) is 17.9. The zero-order valence-electron chi connectivity index (χ0n) is 27.7. The third kappa shape index (κ3) is 32.0. The average molecular weight is 553 g/mol. The molecule has 3 heteroatoms. The first-order chi connectivity index (χ1) is 19.0. The van der Waals surface area contributed by atoms with Crippen LogP contribution in [0.1, 0.15) is 187 Å². The molecule has 234 valence electrons. The number of hydrogen-bond acceptors (Lipinski definition) is 2. The molecule has 3 nitrogen and oxygen atoms in total. The van der Waals surface area contributed by atoms with Crippen LogP contribution >= 0.6 is 0 Å². The van der Waals surface area contributed by atoms with E-state index in [2.05, 4.69) is 27.9 Å². The van der Waals surface area contributed by atoms with Crippen LogP contribution in [0.3, 0.4) is 0 Å². The fourth-order valence-corrected chi connectivity index (χ4v) is 5.58. The number of ether oxygens (including phenoxy) is 1. The maximum Gasteiger partial charge on any atom is 0.158 e. The van der Waals surface area contributed by atoms with Crippen molar-refractivity contribution in [1.29, 1.82) is 0 Å². The van der Waals surface area contributed by atoms with Gasteiger partial charge >= 0.3 is 0 Å². The van der Waals surface area contributed by atoms with E-state index < -0.39 is 0 Å². The molecule has 0 heterocycles. The van der Waals surface area contributed by atoms with Crippen LogP contribution in [0.5, 0.6) is 0 Å². The molecule has 0 bridgehead atoms. The highest BCUT2D eigenvalue weighted by Gasteiger charge is 2.14. The molecule has 0 spiro atoms. The van der Waals surface area contributed by atoms with Gasteiger partial charge in [0.05, 0.1) is 27.2 Å². The standard InChI is InChI=1S/C36H74NO2/c1-5-7-9-11-13-15-16-17-18-19-20-21-22-23-24-26-28-30-32-37(3,4)33-34-39-35-36(38)31-29-27-25-14-12-10-8-6-2/h5-35H2,1-4H3/q+1. The average Bonchev–Trinajstić information content (AvgIpc) is 2.92. The van der Waals surface area contributed by atoms with Crippen LogP contribution in [-0.2, 0) is 9.53 Å². The van der Waals surface area contributed by atoms with Gasteiger partial charge in [0.25, 0.3) is 0 Å². The summed E-state index contributed by atoms with van der Waals surface area (Å²) in [6.07, 6.45) is 36.7. The van der Waals surface area contributed by atoms with Crippen LogP contribution in [0.25, 0.3) is 0 Å². The molecule has 0 saturated heterocycles. The van der Waals surface area contributed by atoms with E-state index in [-0.39, 0.29) is 5.78 Å². The first kappa shape index (κ1) is 38.6. The van der Waals surface area contributed by atoms with Gasteiger partial charge in [-0.15, -0.1) is 0 Å². The van der Waals surface area contributed by atoms with Gasteiger partial charge in [0, 0.05) is 6.42 Å². The lowest BCUT2D eigenvalue weighted by Crippen LogP contribution is -2.43. The minimum atomic E-state index is 0.287. The zero-order chi connectivity index (χ0) is 28.7. The van der Waals surface area contributed by atoms with Crippen molar-refractivity contribution in [2.45, 2.75) is 187 Å². The second-order valence-electron chi connectivity index (χ2n) is 13.2. The number of likely N-dealkylation sites (N-methyl/N-ethyl adjacent to an activating group) is 1. The fourth-order valence-electron chi connectivity index (χ4n) is 5.58. The number of rotatable bonds is 33. The van der Waals surface area contributed by atoms with Crippen LogP contribution in [0, 0.1) is 0 Å². The number of carbonyl (C=O) groups is 1. The Morgan fingerprint density at radius 1 is 0.462 bits per heavy atom. The summed E-state index contributed by atoms with van der Waals surface area (Å²) in [5.41, 5.74) is 0. The molecule has 0 saturated carbocycles. The van der Waals surface area contributed by atoms with Crippen molar-refractivity contribution in [3.63, 3.8) is 0 Å². The van der Waals surface area contributed by atoms with Crippen molar-refractivity contribution in [1.82, 2.24) is 0 Å². The van der Waals surface area contributed by atoms with E-state index in [1.807, 2.05) is 0 Å². The molecular formula is C36H74NO2+. The zero-order valence-corrected chi connectivity index (χ0v) is 27.7. The van der Waals surface area contributed by atoms with Crippen molar-refractivity contribution in [3.8, 4) is 0 Å². The smallest absolute Gasteiger partial charge is 0.158 e. The molecule has 0 N–H and O–H groups in total. The summed E-state index contributed by atoms with van der Waals surface area (Å²) in [6, 6.07) is 0. The van der Waals surface area contributed by atoms with Crippen LogP contribution < -0.4 is 0 Å². The van der Waals surface area contributed by atoms with Gasteiger partial charge < -0.3 is 9.22 Å². The van der Waals surface area contributed by atoms with Gasteiger partial charge in [0.1, 0.15) is 13.2 Å². The number of hydrogen-bond donors (Lipinski definition) is 0. The summed E-state index contributed by atoms with van der Waals surface area (Å²) in [4.78, 5) is 12.1. The Labute approximate surface area is 247 Å². The summed E-state index contributed by atoms with van der Waals surface area (Å²) in [5.74, 6) is 0.287. The second-order valence-corrected chi connectivity index (χ2v) is 13.2. The summed E-state index contributed by atoms with van der Waals surface area (Å²) >= 11 is 0. The van der Waals surface area contributed by atoms with Crippen LogP contribution in [0.15, 0.2) is 0 Å². The van der Waals surface area contributed by atoms with Gasteiger partial charge in [-0.05, 0) is 19.3 Å². The molecule has 0 unspecified atom stereocenters. The predicted molar refractivity (Wildman–Crippen MR) is 174 cm³/mol. The molecule has 0 fully saturated rings. The summed E-state index contributed by atoms with van der Waals surface area (Å²) in [6.45, 7) is 7.80. The van der Waals surface area contributed by atoms with Crippen molar-refractivity contribution >= 4 is 5.78 Å². The molecule has 0 radical (unpaired) electrons. The third-order valence-corrected chi connectivity index (χ3v) is 8.53. The highest BCUT2D eigenvalue weighted by atomic mass is 16.5. The highest BCUT2D eigenvalue weighted by Crippen LogP contribution is 2.15. The quantitative estimate of drug-likeness (QED) is 0.0597. The van der Waals surface area contributed by atoms with E-state index in [4.69, 9.17) is 4.74 Å². The van der Waals surface area contributed by atoms with Crippen LogP contribution in [0.2, 0.25) is 0 Å². The summed E-state index contributed by atoms with van der Waals surface area (Å²) in [5, 5.41) is 0. The molecule has 0 aromatic heterocycles. The van der Waals surface area contributed by atoms with Crippen molar-refractivity contribution < 1.29 is 14.0 Å². The molecule has 0 aliphatic heterocycles. The lowest BCUT2D eigenvalue weighted by molar-refractivity contribution is -0.890. The molecule has 0 aliphatic rings. The molecule has 0 aromatic rings. The van der Waals surface area contributed by atoms with E-state index in [1.165, 1.54) is 167 Å². The Kier molecular flexibility index (Phi) is 30.2. The molecule has 39 heavy (non-hydrogen) atoms. The number of unbranched alkanes of at least 4 members (excludes halogenated alkanes) is 24. The number of Topliss-reactive ketones (excluding diaryl/α,β-unsaturated/α-hetero) is 1. The Bertz CT molecular complexity index is 490. The van der Waals surface area contributed by atoms with Gasteiger partial charge in [-0.3, -0.25) is 4.79 Å².